The summed E-state index contributed by atoms with van der Waals surface area (Å²) in [5.74, 6) is 0.228. The van der Waals surface area contributed by atoms with Gasteiger partial charge < -0.3 is 9.88 Å². The van der Waals surface area contributed by atoms with E-state index in [1.807, 2.05) is 53.6 Å². The SMILES string of the molecule is O=C(CCCc1ccc(Cl)cc1)N1CC=C(c2c[nH]c3ccc(Cl)cc23)CC1. The molecule has 0 saturated carbocycles. The summed E-state index contributed by atoms with van der Waals surface area (Å²) >= 11 is 12.1. The van der Waals surface area contributed by atoms with Crippen molar-refractivity contribution in [2.24, 2.45) is 0 Å². The highest BCUT2D eigenvalue weighted by Gasteiger charge is 2.19. The lowest BCUT2D eigenvalue weighted by Gasteiger charge is -2.26. The number of H-pyrrole nitrogens is 1. The molecule has 3 nitrogen and oxygen atoms in total. The zero-order valence-corrected chi connectivity index (χ0v) is 17.1. The Bertz CT molecular complexity index is 1020. The maximum Gasteiger partial charge on any atom is 0.222 e. The van der Waals surface area contributed by atoms with Crippen molar-refractivity contribution in [3.8, 4) is 0 Å². The Morgan fingerprint density at radius 3 is 2.61 bits per heavy atom. The van der Waals surface area contributed by atoms with Crippen molar-refractivity contribution >= 4 is 45.6 Å². The van der Waals surface area contributed by atoms with Gasteiger partial charge in [0.1, 0.15) is 0 Å². The monoisotopic (exact) mass is 412 g/mol. The molecule has 1 N–H and O–H groups in total. The average molecular weight is 413 g/mol. The van der Waals surface area contributed by atoms with Gasteiger partial charge in [-0.05, 0) is 60.7 Å². The Morgan fingerprint density at radius 1 is 1.07 bits per heavy atom. The van der Waals surface area contributed by atoms with Crippen LogP contribution in [-0.4, -0.2) is 28.9 Å². The number of halogens is 2. The standard InChI is InChI=1S/C23H22Cl2N2O/c24-18-6-4-16(5-7-18)2-1-3-23(28)27-12-10-17(11-13-27)21-15-26-22-9-8-19(25)14-20(21)22/h4-10,14-15,26H,1-3,11-13H2. The molecule has 0 atom stereocenters. The number of aryl methyl sites for hydroxylation is 1. The van der Waals surface area contributed by atoms with Crippen LogP contribution >= 0.6 is 23.2 Å². The molecule has 1 aromatic heterocycles. The number of nitrogens with one attached hydrogen (secondary N) is 1. The minimum Gasteiger partial charge on any atom is -0.361 e. The molecular formula is C23H22Cl2N2O. The Hall–Kier alpha value is -2.23. The molecule has 0 saturated heterocycles. The first-order valence-corrected chi connectivity index (χ1v) is 10.3. The molecule has 1 aliphatic heterocycles. The van der Waals surface area contributed by atoms with Gasteiger partial charge in [0.2, 0.25) is 5.91 Å². The van der Waals surface area contributed by atoms with E-state index in [9.17, 15) is 4.79 Å². The summed E-state index contributed by atoms with van der Waals surface area (Å²) in [5.41, 5.74) is 4.77. The number of carbonyl (C=O) groups excluding carboxylic acids is 1. The number of benzene rings is 2. The van der Waals surface area contributed by atoms with Gasteiger partial charge in [-0.25, -0.2) is 0 Å². The van der Waals surface area contributed by atoms with E-state index in [0.29, 0.717) is 13.0 Å². The smallest absolute Gasteiger partial charge is 0.222 e. The van der Waals surface area contributed by atoms with Crippen LogP contribution in [0.15, 0.2) is 54.7 Å². The van der Waals surface area contributed by atoms with E-state index in [1.54, 1.807) is 0 Å². The van der Waals surface area contributed by atoms with Gasteiger partial charge in [0.25, 0.3) is 0 Å². The molecule has 5 heteroatoms. The predicted molar refractivity (Wildman–Crippen MR) is 117 cm³/mol. The van der Waals surface area contributed by atoms with Crippen molar-refractivity contribution in [2.45, 2.75) is 25.7 Å². The molecule has 1 amide bonds. The Labute approximate surface area is 174 Å². The predicted octanol–water partition coefficient (Wildman–Crippen LogP) is 6.11. The maximum atomic E-state index is 12.5. The summed E-state index contributed by atoms with van der Waals surface area (Å²) in [7, 11) is 0. The van der Waals surface area contributed by atoms with Crippen LogP contribution in [0.4, 0.5) is 0 Å². The first-order chi connectivity index (χ1) is 13.6. The lowest BCUT2D eigenvalue weighted by atomic mass is 9.98. The number of rotatable bonds is 5. The maximum absolute atomic E-state index is 12.5. The number of nitrogens with zero attached hydrogens (tertiary/aromatic N) is 1. The summed E-state index contributed by atoms with van der Waals surface area (Å²) in [5, 5.41) is 2.62. The van der Waals surface area contributed by atoms with Gasteiger partial charge in [-0.1, -0.05) is 41.4 Å². The molecule has 2 aromatic carbocycles. The van der Waals surface area contributed by atoms with Gasteiger partial charge in [0.05, 0.1) is 0 Å². The fourth-order valence-electron chi connectivity index (χ4n) is 3.75. The first kappa shape index (κ1) is 19.1. The van der Waals surface area contributed by atoms with Crippen molar-refractivity contribution in [1.29, 1.82) is 0 Å². The summed E-state index contributed by atoms with van der Waals surface area (Å²) in [6.45, 7) is 1.43. The zero-order valence-electron chi connectivity index (χ0n) is 15.6. The minimum atomic E-state index is 0.228. The van der Waals surface area contributed by atoms with Crippen molar-refractivity contribution in [3.05, 3.63) is 75.9 Å². The van der Waals surface area contributed by atoms with Crippen LogP contribution in [-0.2, 0) is 11.2 Å². The topological polar surface area (TPSA) is 36.1 Å². The summed E-state index contributed by atoms with van der Waals surface area (Å²) in [6.07, 6.45) is 7.40. The highest BCUT2D eigenvalue weighted by Crippen LogP contribution is 2.31. The largest absolute Gasteiger partial charge is 0.361 e. The third kappa shape index (κ3) is 4.26. The number of aromatic nitrogens is 1. The fraction of sp³-hybridized carbons (Fsp3) is 0.261. The molecule has 0 fully saturated rings. The quantitative estimate of drug-likeness (QED) is 0.538. The van der Waals surface area contributed by atoms with Crippen molar-refractivity contribution in [2.75, 3.05) is 13.1 Å². The van der Waals surface area contributed by atoms with E-state index < -0.39 is 0 Å². The highest BCUT2D eigenvalue weighted by molar-refractivity contribution is 6.31. The molecule has 0 spiro atoms. The lowest BCUT2D eigenvalue weighted by molar-refractivity contribution is -0.130. The number of carbonyl (C=O) groups is 1. The van der Waals surface area contributed by atoms with Gasteiger partial charge in [-0.3, -0.25) is 4.79 Å². The van der Waals surface area contributed by atoms with E-state index in [-0.39, 0.29) is 5.91 Å². The average Bonchev–Trinajstić information content (AvgIpc) is 3.12. The molecule has 1 aliphatic rings. The van der Waals surface area contributed by atoms with Crippen LogP contribution in [0.3, 0.4) is 0 Å². The van der Waals surface area contributed by atoms with Gasteiger partial charge in [-0.2, -0.15) is 0 Å². The van der Waals surface area contributed by atoms with Gasteiger partial charge in [-0.15, -0.1) is 0 Å². The van der Waals surface area contributed by atoms with Crippen LogP contribution in [0, 0.1) is 0 Å². The second kappa shape index (κ2) is 8.42. The molecule has 2 heterocycles. The van der Waals surface area contributed by atoms with E-state index in [2.05, 4.69) is 11.1 Å². The molecule has 144 valence electrons. The molecule has 3 aromatic rings. The molecule has 0 bridgehead atoms. The van der Waals surface area contributed by atoms with Crippen molar-refractivity contribution < 1.29 is 4.79 Å². The number of aromatic amines is 1. The lowest BCUT2D eigenvalue weighted by Crippen LogP contribution is -2.34. The molecule has 4 rings (SSSR count). The molecule has 0 radical (unpaired) electrons. The summed E-state index contributed by atoms with van der Waals surface area (Å²) < 4.78 is 0. The number of amides is 1. The van der Waals surface area contributed by atoms with Crippen LogP contribution in [0.5, 0.6) is 0 Å². The van der Waals surface area contributed by atoms with Gasteiger partial charge in [0.15, 0.2) is 0 Å². The van der Waals surface area contributed by atoms with Crippen LogP contribution < -0.4 is 0 Å². The summed E-state index contributed by atoms with van der Waals surface area (Å²) in [4.78, 5) is 17.8. The fourth-order valence-corrected chi connectivity index (χ4v) is 4.05. The third-order valence-corrected chi connectivity index (χ3v) is 5.81. The van der Waals surface area contributed by atoms with Crippen molar-refractivity contribution in [1.82, 2.24) is 9.88 Å². The van der Waals surface area contributed by atoms with E-state index >= 15 is 0 Å². The zero-order chi connectivity index (χ0) is 19.5. The Morgan fingerprint density at radius 2 is 1.86 bits per heavy atom. The van der Waals surface area contributed by atoms with E-state index in [0.717, 1.165) is 46.8 Å². The molecular weight excluding hydrogens is 391 g/mol. The van der Waals surface area contributed by atoms with Crippen LogP contribution in [0.2, 0.25) is 10.0 Å². The Kier molecular flexibility index (Phi) is 5.74. The minimum absolute atomic E-state index is 0.228. The van der Waals surface area contributed by atoms with Crippen molar-refractivity contribution in [3.63, 3.8) is 0 Å². The van der Waals surface area contributed by atoms with Gasteiger partial charge in [0, 0.05) is 52.2 Å². The summed E-state index contributed by atoms with van der Waals surface area (Å²) in [6, 6.07) is 13.7. The van der Waals surface area contributed by atoms with E-state index in [1.165, 1.54) is 16.7 Å². The molecule has 28 heavy (non-hydrogen) atoms. The molecule has 0 unspecified atom stereocenters. The number of fused-ring (bicyclic) bond motifs is 1. The first-order valence-electron chi connectivity index (χ1n) is 9.58. The number of hydrogen-bond donors (Lipinski definition) is 1. The van der Waals surface area contributed by atoms with Crippen LogP contribution in [0.25, 0.3) is 16.5 Å². The molecule has 0 aliphatic carbocycles. The van der Waals surface area contributed by atoms with Crippen LogP contribution in [0.1, 0.15) is 30.4 Å². The third-order valence-electron chi connectivity index (χ3n) is 5.32. The second-order valence-corrected chi connectivity index (χ2v) is 8.06. The van der Waals surface area contributed by atoms with Gasteiger partial charge >= 0.3 is 0 Å². The second-order valence-electron chi connectivity index (χ2n) is 7.19. The van der Waals surface area contributed by atoms with E-state index in [4.69, 9.17) is 23.2 Å². The number of hydrogen-bond acceptors (Lipinski definition) is 1. The Balaban J connectivity index is 1.34. The normalized spacial score (nSPS) is 14.4. The highest BCUT2D eigenvalue weighted by atomic mass is 35.5.